The maximum Gasteiger partial charge on any atom is 0.339 e. The molecular formula is C23H26N4O5S. The number of rotatable bonds is 9. The van der Waals surface area contributed by atoms with Crippen LogP contribution in [0.2, 0.25) is 0 Å². The summed E-state index contributed by atoms with van der Waals surface area (Å²) in [6.45, 7) is -0.290. The molecule has 0 aromatic heterocycles. The van der Waals surface area contributed by atoms with E-state index in [2.05, 4.69) is 5.32 Å². The van der Waals surface area contributed by atoms with Crippen molar-refractivity contribution in [3.63, 3.8) is 0 Å². The molecule has 0 saturated heterocycles. The molecule has 0 aliphatic rings. The summed E-state index contributed by atoms with van der Waals surface area (Å²) >= 11 is 0. The van der Waals surface area contributed by atoms with Crippen molar-refractivity contribution in [3.8, 4) is 5.75 Å². The summed E-state index contributed by atoms with van der Waals surface area (Å²) in [7, 11) is -0.318. The smallest absolute Gasteiger partial charge is 0.339 e. The monoisotopic (exact) mass is 470 g/mol. The summed E-state index contributed by atoms with van der Waals surface area (Å²) in [6.07, 6.45) is 0.189. The summed E-state index contributed by atoms with van der Waals surface area (Å²) in [5.41, 5.74) is 12.4. The van der Waals surface area contributed by atoms with E-state index in [1.807, 2.05) is 31.1 Å². The number of hydrogen-bond acceptors (Lipinski definition) is 7. The average Bonchev–Trinajstić information content (AvgIpc) is 2.77. The minimum Gasteiger partial charge on any atom is -0.379 e. The Labute approximate surface area is 192 Å². The van der Waals surface area contributed by atoms with Gasteiger partial charge in [-0.1, -0.05) is 36.4 Å². The van der Waals surface area contributed by atoms with E-state index < -0.39 is 28.0 Å². The Morgan fingerprint density at radius 1 is 1.00 bits per heavy atom. The molecule has 0 saturated carbocycles. The predicted molar refractivity (Wildman–Crippen MR) is 126 cm³/mol. The maximum atomic E-state index is 13.0. The Balaban J connectivity index is 1.77. The van der Waals surface area contributed by atoms with Crippen molar-refractivity contribution in [1.82, 2.24) is 5.32 Å². The molecule has 1 unspecified atom stereocenters. The van der Waals surface area contributed by atoms with Gasteiger partial charge in [-0.3, -0.25) is 9.59 Å². The molecule has 33 heavy (non-hydrogen) atoms. The van der Waals surface area contributed by atoms with Gasteiger partial charge in [-0.15, -0.1) is 0 Å². The molecule has 9 nitrogen and oxygen atoms in total. The van der Waals surface area contributed by atoms with Gasteiger partial charge in [0.25, 0.3) is 0 Å². The molecule has 10 heteroatoms. The molecule has 0 bridgehead atoms. The number of nitrogens with one attached hydrogen (secondary N) is 1. The molecule has 3 aromatic rings. The van der Waals surface area contributed by atoms with Crippen molar-refractivity contribution in [2.24, 2.45) is 11.5 Å². The molecule has 0 aliphatic carbocycles. The van der Waals surface area contributed by atoms with Crippen molar-refractivity contribution in [3.05, 3.63) is 66.2 Å². The highest BCUT2D eigenvalue weighted by Crippen LogP contribution is 2.31. The Hall–Kier alpha value is -3.63. The van der Waals surface area contributed by atoms with Gasteiger partial charge in [-0.05, 0) is 36.2 Å². The van der Waals surface area contributed by atoms with Gasteiger partial charge in [0.2, 0.25) is 11.8 Å². The van der Waals surface area contributed by atoms with Gasteiger partial charge in [0.05, 0.1) is 12.6 Å². The highest BCUT2D eigenvalue weighted by atomic mass is 32.2. The van der Waals surface area contributed by atoms with Gasteiger partial charge in [0, 0.05) is 30.6 Å². The van der Waals surface area contributed by atoms with E-state index in [1.165, 1.54) is 18.2 Å². The lowest BCUT2D eigenvalue weighted by Gasteiger charge is -2.17. The number of benzene rings is 3. The molecule has 174 valence electrons. The first-order chi connectivity index (χ1) is 15.6. The van der Waals surface area contributed by atoms with Crippen molar-refractivity contribution in [2.45, 2.75) is 17.4 Å². The number of carbonyl (C=O) groups excluding carboxylic acids is 2. The van der Waals surface area contributed by atoms with Gasteiger partial charge < -0.3 is 25.9 Å². The van der Waals surface area contributed by atoms with Crippen LogP contribution in [0.3, 0.4) is 0 Å². The number of primary amides is 1. The molecule has 0 fully saturated rings. The van der Waals surface area contributed by atoms with Gasteiger partial charge in [0.1, 0.15) is 10.6 Å². The highest BCUT2D eigenvalue weighted by molar-refractivity contribution is 7.87. The molecule has 0 heterocycles. The lowest BCUT2D eigenvalue weighted by atomic mass is 10.1. The number of hydrogen-bond donors (Lipinski definition) is 3. The van der Waals surface area contributed by atoms with Gasteiger partial charge in [-0.2, -0.15) is 8.42 Å². The zero-order valence-corrected chi connectivity index (χ0v) is 19.1. The quantitative estimate of drug-likeness (QED) is 0.398. The van der Waals surface area contributed by atoms with E-state index in [9.17, 15) is 18.0 Å². The van der Waals surface area contributed by atoms with E-state index in [4.69, 9.17) is 15.7 Å². The largest absolute Gasteiger partial charge is 0.379 e. The van der Waals surface area contributed by atoms with Crippen molar-refractivity contribution >= 4 is 38.4 Å². The molecule has 1 atom stereocenters. The van der Waals surface area contributed by atoms with E-state index in [-0.39, 0.29) is 23.6 Å². The Morgan fingerprint density at radius 3 is 2.27 bits per heavy atom. The molecule has 2 amide bonds. The number of amides is 2. The molecule has 5 N–H and O–H groups in total. The van der Waals surface area contributed by atoms with Crippen molar-refractivity contribution < 1.29 is 22.2 Å². The van der Waals surface area contributed by atoms with E-state index >= 15 is 0 Å². The number of carbonyl (C=O) groups is 2. The van der Waals surface area contributed by atoms with Gasteiger partial charge in [-0.25, -0.2) is 0 Å². The van der Waals surface area contributed by atoms with Crippen LogP contribution >= 0.6 is 0 Å². The molecule has 0 aliphatic heterocycles. The van der Waals surface area contributed by atoms with Gasteiger partial charge >= 0.3 is 10.1 Å². The highest BCUT2D eigenvalue weighted by Gasteiger charge is 2.21. The fourth-order valence-corrected chi connectivity index (χ4v) is 4.52. The van der Waals surface area contributed by atoms with E-state index in [0.29, 0.717) is 10.9 Å². The number of anilines is 1. The average molecular weight is 471 g/mol. The predicted octanol–water partition coefficient (Wildman–Crippen LogP) is 1.14. The SMILES string of the molecule is CN(C)c1cccc2c(S(=O)(=O)Oc3ccc(CC(N)C(=O)NCC(N)=O)cc3)cccc12. The van der Waals surface area contributed by atoms with Crippen molar-refractivity contribution in [2.75, 3.05) is 25.5 Å². The van der Waals surface area contributed by atoms with Crippen LogP contribution in [0.1, 0.15) is 5.56 Å². The van der Waals surface area contributed by atoms with E-state index in [1.54, 1.807) is 30.3 Å². The zero-order valence-electron chi connectivity index (χ0n) is 18.3. The first-order valence-electron chi connectivity index (χ1n) is 10.1. The molecular weight excluding hydrogens is 444 g/mol. The summed E-state index contributed by atoms with van der Waals surface area (Å²) in [4.78, 5) is 24.6. The van der Waals surface area contributed by atoms with Crippen LogP contribution in [0.5, 0.6) is 5.75 Å². The lowest BCUT2D eigenvalue weighted by molar-refractivity contribution is -0.125. The molecule has 3 rings (SSSR count). The third-order valence-corrected chi connectivity index (χ3v) is 6.28. The van der Waals surface area contributed by atoms with Crippen LogP contribution in [0, 0.1) is 0 Å². The van der Waals surface area contributed by atoms with E-state index in [0.717, 1.165) is 11.1 Å². The summed E-state index contributed by atoms with van der Waals surface area (Å²) in [5.74, 6) is -1.04. The minimum atomic E-state index is -4.10. The van der Waals surface area contributed by atoms with Crippen molar-refractivity contribution in [1.29, 1.82) is 0 Å². The minimum absolute atomic E-state index is 0.0703. The number of nitrogens with two attached hydrogens (primary N) is 2. The second-order valence-electron chi connectivity index (χ2n) is 7.70. The summed E-state index contributed by atoms with van der Waals surface area (Å²) in [6, 6.07) is 15.9. The maximum absolute atomic E-state index is 13.0. The fraction of sp³-hybridized carbons (Fsp3) is 0.217. The Morgan fingerprint density at radius 2 is 1.64 bits per heavy atom. The lowest BCUT2D eigenvalue weighted by Crippen LogP contribution is -2.44. The van der Waals surface area contributed by atoms with Crippen LogP contribution < -0.4 is 25.9 Å². The summed E-state index contributed by atoms with van der Waals surface area (Å²) in [5, 5.41) is 3.70. The topological polar surface area (TPSA) is 145 Å². The second kappa shape index (κ2) is 9.88. The number of nitrogens with zero attached hydrogens (tertiary/aromatic N) is 1. The van der Waals surface area contributed by atoms with Crippen LogP contribution in [0.25, 0.3) is 10.8 Å². The van der Waals surface area contributed by atoms with Gasteiger partial charge in [0.15, 0.2) is 0 Å². The number of fused-ring (bicyclic) bond motifs is 1. The first-order valence-corrected chi connectivity index (χ1v) is 11.5. The third kappa shape index (κ3) is 5.79. The standard InChI is InChI=1S/C23H26N4O5S/c1-27(2)20-7-3-6-18-17(20)5-4-8-21(18)33(30,31)32-16-11-9-15(10-12-16)13-19(24)23(29)26-14-22(25)28/h3-12,19H,13-14,24H2,1-2H3,(H2,25,28)(H,26,29). The molecule has 3 aromatic carbocycles. The van der Waals surface area contributed by atoms with Crippen LogP contribution in [0.4, 0.5) is 5.69 Å². The van der Waals surface area contributed by atoms with Crippen LogP contribution in [-0.4, -0.2) is 46.9 Å². The Kier molecular flexibility index (Phi) is 7.19. The normalized spacial score (nSPS) is 12.2. The fourth-order valence-electron chi connectivity index (χ4n) is 3.38. The molecule has 0 spiro atoms. The second-order valence-corrected chi connectivity index (χ2v) is 9.21. The molecule has 0 radical (unpaired) electrons. The first kappa shape index (κ1) is 24.0. The van der Waals surface area contributed by atoms with Crippen LogP contribution in [0.15, 0.2) is 65.6 Å². The zero-order chi connectivity index (χ0) is 24.2. The summed E-state index contributed by atoms with van der Waals surface area (Å²) < 4.78 is 31.4. The Bertz CT molecular complexity index is 1270. The van der Waals surface area contributed by atoms with Crippen LogP contribution in [-0.2, 0) is 26.1 Å². The third-order valence-electron chi connectivity index (χ3n) is 4.97.